The maximum Gasteiger partial charge on any atom is 0.310 e. The van der Waals surface area contributed by atoms with Crippen molar-refractivity contribution in [2.24, 2.45) is 34.1 Å². The number of ether oxygens (including phenoxy) is 2. The number of allylic oxidation sites excluding steroid dienone is 5. The minimum Gasteiger partial charge on any atom is -0.496 e. The fourth-order valence-electron chi connectivity index (χ4n) is 14.0. The second kappa shape index (κ2) is 9.34. The number of benzene rings is 1. The van der Waals surface area contributed by atoms with Crippen LogP contribution < -0.4 is 9.64 Å². The minimum atomic E-state index is -0.606. The summed E-state index contributed by atoms with van der Waals surface area (Å²) in [6.45, 7) is 6.77. The molecule has 50 heavy (non-hydrogen) atoms. The van der Waals surface area contributed by atoms with Gasteiger partial charge >= 0.3 is 5.97 Å². The van der Waals surface area contributed by atoms with Gasteiger partial charge in [0.2, 0.25) is 0 Å². The van der Waals surface area contributed by atoms with E-state index in [0.29, 0.717) is 29.1 Å². The second-order valence-corrected chi connectivity index (χ2v) is 16.7. The van der Waals surface area contributed by atoms with Crippen molar-refractivity contribution in [3.63, 3.8) is 0 Å². The van der Waals surface area contributed by atoms with Crippen molar-refractivity contribution in [3.05, 3.63) is 64.3 Å². The van der Waals surface area contributed by atoms with Gasteiger partial charge in [0, 0.05) is 67.6 Å². The highest BCUT2D eigenvalue weighted by Crippen LogP contribution is 2.70. The summed E-state index contributed by atoms with van der Waals surface area (Å²) in [6, 6.07) is 4.88. The molecule has 9 heterocycles. The van der Waals surface area contributed by atoms with E-state index in [-0.39, 0.29) is 35.7 Å². The molecule has 2 saturated carbocycles. The van der Waals surface area contributed by atoms with Crippen LogP contribution in [0.5, 0.6) is 5.75 Å². The van der Waals surface area contributed by atoms with Gasteiger partial charge in [0.25, 0.3) is 0 Å². The molecular formula is C41H44N4O5. The van der Waals surface area contributed by atoms with Gasteiger partial charge < -0.3 is 14.4 Å². The Bertz CT molecular complexity index is 2040. The molecule has 0 radical (unpaired) electrons. The first-order chi connectivity index (χ1) is 24.2. The first kappa shape index (κ1) is 29.9. The lowest BCUT2D eigenvalue weighted by Crippen LogP contribution is -2.68. The van der Waals surface area contributed by atoms with E-state index in [2.05, 4.69) is 59.9 Å². The molecule has 9 aliphatic heterocycles. The molecule has 258 valence electrons. The number of anilines is 1. The predicted molar refractivity (Wildman–Crippen MR) is 188 cm³/mol. The number of carbonyl (C=O) groups excluding carboxylic acids is 3. The number of methoxy groups -OCH3 is 2. The number of nitrogens with zero attached hydrogens (tertiary/aromatic N) is 4. The Kier molecular flexibility index (Phi) is 5.58. The highest BCUT2D eigenvalue weighted by molar-refractivity contribution is 6.37. The van der Waals surface area contributed by atoms with Gasteiger partial charge in [-0.3, -0.25) is 29.2 Å². The smallest absolute Gasteiger partial charge is 0.310 e. The highest BCUT2D eigenvalue weighted by atomic mass is 16.5. The molecular weight excluding hydrogens is 628 g/mol. The van der Waals surface area contributed by atoms with Crippen molar-refractivity contribution >= 4 is 34.5 Å². The fourth-order valence-corrected chi connectivity index (χ4v) is 14.0. The summed E-state index contributed by atoms with van der Waals surface area (Å²) < 4.78 is 11.6. The third-order valence-corrected chi connectivity index (χ3v) is 15.7. The molecule has 13 rings (SSSR count). The molecule has 12 aliphatic rings. The number of rotatable bonds is 3. The van der Waals surface area contributed by atoms with Crippen LogP contribution in [0.15, 0.2) is 58.1 Å². The largest absolute Gasteiger partial charge is 0.496 e. The monoisotopic (exact) mass is 672 g/mol. The van der Waals surface area contributed by atoms with Gasteiger partial charge in [-0.2, -0.15) is 0 Å². The van der Waals surface area contributed by atoms with Crippen LogP contribution in [0.2, 0.25) is 0 Å². The Morgan fingerprint density at radius 3 is 2.58 bits per heavy atom. The molecule has 9 fully saturated rings. The number of esters is 1. The van der Waals surface area contributed by atoms with Crippen molar-refractivity contribution in [2.75, 3.05) is 45.8 Å². The topological polar surface area (TPSA) is 91.8 Å². The SMILES string of the molecule is CC=C1CN2[C@@H]3C[C@@]45C(=O)[C@@H]3[C@@H]1C[C@@H]2[C@H]4N(C)c1cc(OC)c(C2=CC3=N[C@@]46CC[C@H]7/C(=C\C)CN4CC[C@]6(C3=CC2=O)[C@@H]7C(=O)OC)cc15. The van der Waals surface area contributed by atoms with Crippen LogP contribution in [0.25, 0.3) is 5.57 Å². The molecule has 12 atom stereocenters. The summed E-state index contributed by atoms with van der Waals surface area (Å²) in [5.41, 5.74) is 6.00. The first-order valence-electron chi connectivity index (χ1n) is 18.7. The summed E-state index contributed by atoms with van der Waals surface area (Å²) in [7, 11) is 5.30. The Labute approximate surface area is 292 Å². The van der Waals surface area contributed by atoms with Gasteiger partial charge in [0.15, 0.2) is 11.6 Å². The van der Waals surface area contributed by atoms with Crippen LogP contribution in [-0.2, 0) is 24.5 Å². The van der Waals surface area contributed by atoms with Gasteiger partial charge in [-0.15, -0.1) is 0 Å². The Hall–Kier alpha value is -3.82. The first-order valence-corrected chi connectivity index (χ1v) is 18.7. The predicted octanol–water partition coefficient (Wildman–Crippen LogP) is 4.27. The number of hydrogen-bond donors (Lipinski definition) is 0. The van der Waals surface area contributed by atoms with Gasteiger partial charge in [0.1, 0.15) is 11.4 Å². The Morgan fingerprint density at radius 1 is 1.02 bits per heavy atom. The van der Waals surface area contributed by atoms with Gasteiger partial charge in [-0.1, -0.05) is 23.3 Å². The molecule has 9 nitrogen and oxygen atoms in total. The lowest BCUT2D eigenvalue weighted by atomic mass is 9.53. The highest BCUT2D eigenvalue weighted by Gasteiger charge is 2.76. The molecule has 2 unspecified atom stereocenters. The van der Waals surface area contributed by atoms with Crippen LogP contribution >= 0.6 is 0 Å². The fraction of sp³-hybridized carbons (Fsp3) is 0.561. The van der Waals surface area contributed by atoms with E-state index in [0.717, 1.165) is 79.8 Å². The van der Waals surface area contributed by atoms with Crippen LogP contribution in [0, 0.1) is 29.1 Å². The van der Waals surface area contributed by atoms with Crippen molar-refractivity contribution in [2.45, 2.75) is 75.2 Å². The zero-order valence-electron chi connectivity index (χ0n) is 29.5. The lowest BCUT2D eigenvalue weighted by molar-refractivity contribution is -0.156. The van der Waals surface area contributed by atoms with E-state index in [1.807, 2.05) is 6.08 Å². The van der Waals surface area contributed by atoms with E-state index in [1.165, 1.54) is 18.3 Å². The molecule has 9 heteroatoms. The van der Waals surface area contributed by atoms with E-state index in [4.69, 9.17) is 14.5 Å². The third-order valence-electron chi connectivity index (χ3n) is 15.7. The molecule has 2 spiro atoms. The van der Waals surface area contributed by atoms with Crippen molar-refractivity contribution in [3.8, 4) is 5.75 Å². The molecule has 0 amide bonds. The van der Waals surface area contributed by atoms with Crippen LogP contribution in [0.4, 0.5) is 5.69 Å². The maximum atomic E-state index is 14.9. The van der Waals surface area contributed by atoms with E-state index >= 15 is 0 Å². The van der Waals surface area contributed by atoms with Crippen molar-refractivity contribution < 1.29 is 23.9 Å². The van der Waals surface area contributed by atoms with Crippen molar-refractivity contribution in [1.29, 1.82) is 0 Å². The Balaban J connectivity index is 1.06. The number of ketones is 2. The van der Waals surface area contributed by atoms with Crippen molar-refractivity contribution in [1.82, 2.24) is 9.80 Å². The standard InChI is InChI=1S/C41H44N4O5/c1-6-20-18-44-11-10-40-26-15-32(46)24(13-28(26)42-41(40,44)9-8-22(20)35(40)38(48)50-5)25-12-27-29(16-33(25)49-4)43(3)36-30-14-23-21(7-2)19-45(30)31-17-39(27,36)37(47)34(23)31/h6-7,12-13,15-16,22-23,30-31,34-36H,8-11,14,17-19H2,1-5H3/b20-6-,21-7?/t22-,23+,30+,31+,34+,35-,36+,39-,40-,41-/m0/s1. The van der Waals surface area contributed by atoms with Crippen LogP contribution in [0.3, 0.4) is 0 Å². The van der Waals surface area contributed by atoms with E-state index in [9.17, 15) is 14.4 Å². The van der Waals surface area contributed by atoms with E-state index < -0.39 is 22.4 Å². The summed E-state index contributed by atoms with van der Waals surface area (Å²) in [4.78, 5) is 56.3. The third kappa shape index (κ3) is 2.95. The normalized spacial score (nSPS) is 46.5. The second-order valence-electron chi connectivity index (χ2n) is 16.7. The maximum absolute atomic E-state index is 14.9. The minimum absolute atomic E-state index is 0.0346. The molecule has 1 aromatic carbocycles. The molecule has 9 bridgehead atoms. The quantitative estimate of drug-likeness (QED) is 0.267. The molecule has 0 aromatic heterocycles. The van der Waals surface area contributed by atoms with Gasteiger partial charge in [0.05, 0.1) is 42.7 Å². The number of carbonyl (C=O) groups is 3. The number of likely N-dealkylation sites (N-methyl/N-ethyl adjacent to an activating group) is 1. The summed E-state index contributed by atoms with van der Waals surface area (Å²) >= 11 is 0. The van der Waals surface area contributed by atoms with Gasteiger partial charge in [-0.25, -0.2) is 0 Å². The summed E-state index contributed by atoms with van der Waals surface area (Å²) in [5.74, 6) is 0.767. The molecule has 0 N–H and O–H groups in total. The zero-order chi connectivity index (χ0) is 34.2. The molecule has 3 aliphatic carbocycles. The lowest BCUT2D eigenvalue weighted by Gasteiger charge is -2.58. The van der Waals surface area contributed by atoms with E-state index in [1.54, 1.807) is 13.2 Å². The number of Topliss-reactive ketones (excluding diaryl/α,β-unsaturated/α-hetero) is 1. The summed E-state index contributed by atoms with van der Waals surface area (Å²) in [5, 5.41) is 0. The van der Waals surface area contributed by atoms with Crippen LogP contribution in [-0.4, -0.2) is 97.7 Å². The number of fused-ring (bicyclic) bond motifs is 5. The number of aliphatic imine (C=N–C) groups is 1. The average molecular weight is 673 g/mol. The van der Waals surface area contributed by atoms with Crippen LogP contribution in [0.1, 0.15) is 57.1 Å². The number of hydrogen-bond acceptors (Lipinski definition) is 9. The van der Waals surface area contributed by atoms with Gasteiger partial charge in [-0.05, 0) is 87.1 Å². The average Bonchev–Trinajstić information content (AvgIpc) is 3.70. The Morgan fingerprint density at radius 2 is 1.82 bits per heavy atom. The molecule has 1 aromatic rings. The summed E-state index contributed by atoms with van der Waals surface area (Å²) in [6.07, 6.45) is 12.5. The number of piperidine rings is 4. The zero-order valence-corrected chi connectivity index (χ0v) is 29.5. The molecule has 7 saturated heterocycles.